The summed E-state index contributed by atoms with van der Waals surface area (Å²) in [7, 11) is 0. The molecule has 1 aliphatic heterocycles. The minimum atomic E-state index is -4.41. The maximum atomic E-state index is 12.8. The molecule has 19 heavy (non-hydrogen) atoms. The lowest BCUT2D eigenvalue weighted by Gasteiger charge is -2.33. The van der Waals surface area contributed by atoms with E-state index < -0.39 is 11.7 Å². The Hall–Kier alpha value is -0.780. The Bertz CT molecular complexity index is 442. The lowest BCUT2D eigenvalue weighted by atomic mass is 10.0. The van der Waals surface area contributed by atoms with Crippen molar-refractivity contribution in [2.24, 2.45) is 0 Å². The van der Waals surface area contributed by atoms with Crippen molar-refractivity contribution in [3.8, 4) is 0 Å². The first-order chi connectivity index (χ1) is 8.91. The van der Waals surface area contributed by atoms with E-state index in [1.165, 1.54) is 6.07 Å². The molecule has 106 valence electrons. The highest BCUT2D eigenvalue weighted by atomic mass is 35.5. The summed E-state index contributed by atoms with van der Waals surface area (Å²) in [5.41, 5.74) is -0.216. The summed E-state index contributed by atoms with van der Waals surface area (Å²) in [6.45, 7) is 5.22. The summed E-state index contributed by atoms with van der Waals surface area (Å²) in [6, 6.07) is 4.00. The zero-order valence-electron chi connectivity index (χ0n) is 10.6. The predicted octanol–water partition coefficient (Wildman–Crippen LogP) is 3.33. The molecular formula is C13H16ClF3N2. The van der Waals surface area contributed by atoms with Crippen LogP contribution in [0.3, 0.4) is 0 Å². The van der Waals surface area contributed by atoms with Crippen LogP contribution in [-0.4, -0.2) is 31.1 Å². The SMILES string of the molecule is C[C@H](c1cccc(C(F)(F)F)c1Cl)N1CCNCC1. The van der Waals surface area contributed by atoms with Gasteiger partial charge in [-0.1, -0.05) is 23.7 Å². The lowest BCUT2D eigenvalue weighted by molar-refractivity contribution is -0.137. The summed E-state index contributed by atoms with van der Waals surface area (Å²) in [5.74, 6) is 0. The maximum absolute atomic E-state index is 12.8. The van der Waals surface area contributed by atoms with Crippen LogP contribution < -0.4 is 5.32 Å². The number of hydrogen-bond donors (Lipinski definition) is 1. The van der Waals surface area contributed by atoms with Crippen molar-refractivity contribution in [3.63, 3.8) is 0 Å². The monoisotopic (exact) mass is 292 g/mol. The van der Waals surface area contributed by atoms with E-state index in [2.05, 4.69) is 10.2 Å². The molecule has 2 rings (SSSR count). The van der Waals surface area contributed by atoms with Crippen LogP contribution in [0, 0.1) is 0 Å². The van der Waals surface area contributed by atoms with Gasteiger partial charge in [-0.15, -0.1) is 0 Å². The molecule has 0 aromatic heterocycles. The molecule has 1 fully saturated rings. The van der Waals surface area contributed by atoms with E-state index in [4.69, 9.17) is 11.6 Å². The zero-order valence-corrected chi connectivity index (χ0v) is 11.4. The second kappa shape index (κ2) is 5.69. The van der Waals surface area contributed by atoms with Gasteiger partial charge in [0.2, 0.25) is 0 Å². The number of piperazine rings is 1. The van der Waals surface area contributed by atoms with E-state index in [1.807, 2.05) is 6.92 Å². The third kappa shape index (κ3) is 3.22. The van der Waals surface area contributed by atoms with Gasteiger partial charge in [0.05, 0.1) is 10.6 Å². The Morgan fingerprint density at radius 1 is 1.26 bits per heavy atom. The maximum Gasteiger partial charge on any atom is 0.417 e. The first-order valence-corrected chi connectivity index (χ1v) is 6.59. The summed E-state index contributed by atoms with van der Waals surface area (Å²) in [5, 5.41) is 3.04. The molecule has 0 saturated carbocycles. The van der Waals surface area contributed by atoms with Crippen molar-refractivity contribution in [2.75, 3.05) is 26.2 Å². The van der Waals surface area contributed by atoms with Gasteiger partial charge in [-0.25, -0.2) is 0 Å². The van der Waals surface area contributed by atoms with Crippen molar-refractivity contribution < 1.29 is 13.2 Å². The first-order valence-electron chi connectivity index (χ1n) is 6.21. The smallest absolute Gasteiger partial charge is 0.314 e. The largest absolute Gasteiger partial charge is 0.417 e. The average molecular weight is 293 g/mol. The first kappa shape index (κ1) is 14.6. The van der Waals surface area contributed by atoms with Crippen molar-refractivity contribution in [2.45, 2.75) is 19.1 Å². The van der Waals surface area contributed by atoms with E-state index in [0.717, 1.165) is 32.2 Å². The van der Waals surface area contributed by atoms with Crippen molar-refractivity contribution in [1.82, 2.24) is 10.2 Å². The van der Waals surface area contributed by atoms with E-state index in [9.17, 15) is 13.2 Å². The van der Waals surface area contributed by atoms with Crippen LogP contribution in [0.1, 0.15) is 24.1 Å². The number of halogens is 4. The van der Waals surface area contributed by atoms with E-state index >= 15 is 0 Å². The molecule has 0 spiro atoms. The normalized spacial score (nSPS) is 19.4. The Balaban J connectivity index is 2.29. The van der Waals surface area contributed by atoms with Gasteiger partial charge >= 0.3 is 6.18 Å². The highest BCUT2D eigenvalue weighted by molar-refractivity contribution is 6.32. The molecule has 0 bridgehead atoms. The second-order valence-corrected chi connectivity index (χ2v) is 5.05. The Morgan fingerprint density at radius 3 is 2.47 bits per heavy atom. The Kier molecular flexibility index (Phi) is 4.38. The van der Waals surface area contributed by atoms with E-state index in [-0.39, 0.29) is 11.1 Å². The highest BCUT2D eigenvalue weighted by Crippen LogP contribution is 2.38. The number of nitrogens with zero attached hydrogens (tertiary/aromatic N) is 1. The number of rotatable bonds is 2. The third-order valence-corrected chi connectivity index (χ3v) is 3.91. The number of hydrogen-bond acceptors (Lipinski definition) is 2. The van der Waals surface area contributed by atoms with Crippen LogP contribution in [0.4, 0.5) is 13.2 Å². The van der Waals surface area contributed by atoms with Gasteiger partial charge in [0.25, 0.3) is 0 Å². The minimum absolute atomic E-state index is 0.114. The van der Waals surface area contributed by atoms with Gasteiger partial charge in [0.1, 0.15) is 0 Å². The van der Waals surface area contributed by atoms with Crippen LogP contribution in [0.15, 0.2) is 18.2 Å². The fraction of sp³-hybridized carbons (Fsp3) is 0.538. The molecule has 0 unspecified atom stereocenters. The third-order valence-electron chi connectivity index (χ3n) is 3.48. The lowest BCUT2D eigenvalue weighted by Crippen LogP contribution is -2.44. The fourth-order valence-corrected chi connectivity index (χ4v) is 2.75. The molecule has 1 heterocycles. The number of nitrogens with one attached hydrogen (secondary N) is 1. The standard InChI is InChI=1S/C13H16ClF3N2/c1-9(19-7-5-18-6-8-19)10-3-2-4-11(12(10)14)13(15,16)17/h2-4,9,18H,5-8H2,1H3/t9-/m1/s1. The molecule has 0 radical (unpaired) electrons. The van der Waals surface area contributed by atoms with E-state index in [1.54, 1.807) is 6.07 Å². The molecule has 1 aromatic rings. The highest BCUT2D eigenvalue weighted by Gasteiger charge is 2.34. The molecule has 2 nitrogen and oxygen atoms in total. The summed E-state index contributed by atoms with van der Waals surface area (Å²) in [4.78, 5) is 2.14. The molecule has 0 amide bonds. The molecule has 1 aliphatic rings. The molecule has 1 saturated heterocycles. The molecule has 1 aromatic carbocycles. The van der Waals surface area contributed by atoms with Gasteiger partial charge in [0, 0.05) is 32.2 Å². The summed E-state index contributed by atoms with van der Waals surface area (Å²) >= 11 is 5.95. The molecule has 0 aliphatic carbocycles. The second-order valence-electron chi connectivity index (χ2n) is 4.67. The molecule has 1 N–H and O–H groups in total. The van der Waals surface area contributed by atoms with E-state index in [0.29, 0.717) is 5.56 Å². The van der Waals surface area contributed by atoms with Gasteiger partial charge in [-0.2, -0.15) is 13.2 Å². The minimum Gasteiger partial charge on any atom is -0.314 e. The predicted molar refractivity (Wildman–Crippen MR) is 69.3 cm³/mol. The zero-order chi connectivity index (χ0) is 14.0. The van der Waals surface area contributed by atoms with Crippen LogP contribution >= 0.6 is 11.6 Å². The molecule has 6 heteroatoms. The van der Waals surface area contributed by atoms with Crippen molar-refractivity contribution in [3.05, 3.63) is 34.3 Å². The average Bonchev–Trinajstić information content (AvgIpc) is 2.38. The molecular weight excluding hydrogens is 277 g/mol. The van der Waals surface area contributed by atoms with Gasteiger partial charge in [0.15, 0.2) is 0 Å². The van der Waals surface area contributed by atoms with Gasteiger partial charge < -0.3 is 5.32 Å². The van der Waals surface area contributed by atoms with Gasteiger partial charge in [-0.05, 0) is 18.6 Å². The summed E-state index contributed by atoms with van der Waals surface area (Å²) < 4.78 is 38.5. The quantitative estimate of drug-likeness (QED) is 0.899. The number of benzene rings is 1. The van der Waals surface area contributed by atoms with Crippen LogP contribution in [0.2, 0.25) is 5.02 Å². The van der Waals surface area contributed by atoms with Crippen LogP contribution in [0.5, 0.6) is 0 Å². The Morgan fingerprint density at radius 2 is 1.89 bits per heavy atom. The Labute approximate surface area is 115 Å². The van der Waals surface area contributed by atoms with Crippen molar-refractivity contribution >= 4 is 11.6 Å². The molecule has 1 atom stereocenters. The van der Waals surface area contributed by atoms with Gasteiger partial charge in [-0.3, -0.25) is 4.90 Å². The van der Waals surface area contributed by atoms with Crippen LogP contribution in [0.25, 0.3) is 0 Å². The van der Waals surface area contributed by atoms with Crippen LogP contribution in [-0.2, 0) is 6.18 Å². The number of alkyl halides is 3. The topological polar surface area (TPSA) is 15.3 Å². The summed E-state index contributed by atoms with van der Waals surface area (Å²) in [6.07, 6.45) is -4.41. The fourth-order valence-electron chi connectivity index (χ4n) is 2.36. The van der Waals surface area contributed by atoms with Crippen molar-refractivity contribution in [1.29, 1.82) is 0 Å².